The summed E-state index contributed by atoms with van der Waals surface area (Å²) in [4.78, 5) is 35.0. The van der Waals surface area contributed by atoms with Crippen LogP contribution in [0.25, 0.3) is 0 Å². The lowest BCUT2D eigenvalue weighted by Gasteiger charge is -2.34. The van der Waals surface area contributed by atoms with Crippen molar-refractivity contribution in [3.8, 4) is 5.75 Å². The van der Waals surface area contributed by atoms with E-state index < -0.39 is 34.9 Å². The largest absolute Gasteiger partial charge is 0.485 e. The third-order valence-electron chi connectivity index (χ3n) is 8.59. The number of amides is 2. The molecule has 0 radical (unpaired) electrons. The molecule has 2 fully saturated rings. The number of likely N-dealkylation sites (tertiary alicyclic amines) is 1. The summed E-state index contributed by atoms with van der Waals surface area (Å²) in [6, 6.07) is 4.70. The monoisotopic (exact) mass is 676 g/mol. The number of benzene rings is 1. The summed E-state index contributed by atoms with van der Waals surface area (Å²) in [6.07, 6.45) is 4.61. The molecule has 0 unspecified atom stereocenters. The summed E-state index contributed by atoms with van der Waals surface area (Å²) in [5.41, 5.74) is -0.783. The Kier molecular flexibility index (Phi) is 12.3. The van der Waals surface area contributed by atoms with E-state index in [-0.39, 0.29) is 36.0 Å². The Morgan fingerprint density at radius 2 is 1.65 bits per heavy atom. The number of piperidine rings is 1. The van der Waals surface area contributed by atoms with E-state index in [1.807, 2.05) is 20.8 Å². The van der Waals surface area contributed by atoms with Crippen molar-refractivity contribution in [3.05, 3.63) is 59.2 Å². The summed E-state index contributed by atoms with van der Waals surface area (Å²) >= 11 is 0. The number of ether oxygens (including phenoxy) is 3. The zero-order valence-corrected chi connectivity index (χ0v) is 29.4. The quantitative estimate of drug-likeness (QED) is 0.215. The summed E-state index contributed by atoms with van der Waals surface area (Å²) < 4.78 is 60.5. The second kappa shape index (κ2) is 15.8. The Morgan fingerprint density at radius 3 is 2.29 bits per heavy atom. The maximum absolute atomic E-state index is 15.0. The van der Waals surface area contributed by atoms with E-state index in [1.54, 1.807) is 43.7 Å². The van der Waals surface area contributed by atoms with E-state index in [4.69, 9.17) is 14.2 Å². The number of hydrogen-bond donors (Lipinski definition) is 0. The van der Waals surface area contributed by atoms with Crippen LogP contribution in [-0.2, 0) is 16.1 Å². The van der Waals surface area contributed by atoms with Crippen molar-refractivity contribution in [3.63, 3.8) is 0 Å². The van der Waals surface area contributed by atoms with Crippen LogP contribution in [0.5, 0.6) is 5.75 Å². The van der Waals surface area contributed by atoms with Gasteiger partial charge in [0.1, 0.15) is 23.6 Å². The first-order valence-corrected chi connectivity index (χ1v) is 16.9. The average molecular weight is 677 g/mol. The number of nitrogens with zero attached hydrogens (tertiary/aromatic N) is 4. The number of rotatable bonds is 12. The maximum atomic E-state index is 15.0. The van der Waals surface area contributed by atoms with Crippen molar-refractivity contribution < 1.29 is 37.0 Å². The van der Waals surface area contributed by atoms with E-state index in [0.717, 1.165) is 51.4 Å². The van der Waals surface area contributed by atoms with Crippen LogP contribution in [0.2, 0.25) is 0 Å². The fourth-order valence-electron chi connectivity index (χ4n) is 6.04. The predicted molar refractivity (Wildman–Crippen MR) is 176 cm³/mol. The minimum Gasteiger partial charge on any atom is -0.485 e. The van der Waals surface area contributed by atoms with Crippen LogP contribution in [0.4, 0.5) is 22.8 Å². The number of carbonyl (C=O) groups is 2. The lowest BCUT2D eigenvalue weighted by atomic mass is 9.93. The molecule has 1 aliphatic carbocycles. The fraction of sp³-hybridized carbons (Fsp3) is 0.639. The molecule has 1 aromatic heterocycles. The highest BCUT2D eigenvalue weighted by Gasteiger charge is 2.48. The number of aromatic nitrogens is 1. The third-order valence-corrected chi connectivity index (χ3v) is 8.59. The Balaban J connectivity index is 1.34. The van der Waals surface area contributed by atoms with Crippen LogP contribution >= 0.6 is 0 Å². The van der Waals surface area contributed by atoms with Crippen molar-refractivity contribution in [2.45, 2.75) is 103 Å². The van der Waals surface area contributed by atoms with Gasteiger partial charge in [-0.1, -0.05) is 0 Å². The van der Waals surface area contributed by atoms with Gasteiger partial charge in [-0.05, 0) is 117 Å². The molecule has 0 bridgehead atoms. The van der Waals surface area contributed by atoms with Gasteiger partial charge in [-0.2, -0.15) is 4.39 Å². The van der Waals surface area contributed by atoms with E-state index >= 15 is 4.39 Å². The Labute approximate surface area is 282 Å². The van der Waals surface area contributed by atoms with E-state index in [0.29, 0.717) is 31.0 Å². The van der Waals surface area contributed by atoms with Gasteiger partial charge in [-0.3, -0.25) is 0 Å². The van der Waals surface area contributed by atoms with Crippen LogP contribution in [0.15, 0.2) is 30.5 Å². The second-order valence-corrected chi connectivity index (χ2v) is 15.0. The summed E-state index contributed by atoms with van der Waals surface area (Å²) in [5, 5.41) is 0. The molecule has 2 aromatic rings. The van der Waals surface area contributed by atoms with Crippen molar-refractivity contribution in [2.24, 2.45) is 5.92 Å². The topological polar surface area (TPSA) is 84.4 Å². The molecule has 2 heterocycles. The molecule has 1 aliphatic heterocycles. The minimum absolute atomic E-state index is 0.147. The molecule has 9 nitrogen and oxygen atoms in total. The van der Waals surface area contributed by atoms with Crippen molar-refractivity contribution in [1.29, 1.82) is 0 Å². The van der Waals surface area contributed by atoms with Gasteiger partial charge in [0.2, 0.25) is 5.95 Å². The van der Waals surface area contributed by atoms with Crippen LogP contribution in [0, 0.1) is 23.5 Å². The molecule has 4 rings (SSSR count). The summed E-state index contributed by atoms with van der Waals surface area (Å²) in [7, 11) is 1.75. The van der Waals surface area contributed by atoms with Gasteiger partial charge in [0, 0.05) is 55.5 Å². The normalized spacial score (nSPS) is 18.7. The molecule has 1 saturated heterocycles. The highest BCUT2D eigenvalue weighted by molar-refractivity contribution is 5.69. The van der Waals surface area contributed by atoms with Crippen LogP contribution < -0.4 is 4.74 Å². The smallest absolute Gasteiger partial charge is 0.410 e. The summed E-state index contributed by atoms with van der Waals surface area (Å²) in [6.45, 7) is 14.5. The van der Waals surface area contributed by atoms with Crippen molar-refractivity contribution in [1.82, 2.24) is 19.7 Å². The van der Waals surface area contributed by atoms with Gasteiger partial charge in [0.05, 0.1) is 0 Å². The predicted octanol–water partition coefficient (Wildman–Crippen LogP) is 7.53. The zero-order chi connectivity index (χ0) is 35.2. The molecule has 2 aliphatic rings. The van der Waals surface area contributed by atoms with Gasteiger partial charge < -0.3 is 28.9 Å². The lowest BCUT2D eigenvalue weighted by Crippen LogP contribution is -2.41. The SMILES string of the molecule is CN(CCCN1CCC(CCN(C(=O)OC(C)(C)C)[C@@H]2C[C@H]2c2cc(F)cc(F)c2OCc2cccnc2F)CC1)C(=O)OC(C)(C)C. The summed E-state index contributed by atoms with van der Waals surface area (Å²) in [5.74, 6) is -2.46. The van der Waals surface area contributed by atoms with Crippen LogP contribution in [0.1, 0.15) is 90.7 Å². The minimum atomic E-state index is -0.882. The van der Waals surface area contributed by atoms with Gasteiger partial charge >= 0.3 is 12.2 Å². The maximum Gasteiger partial charge on any atom is 0.410 e. The fourth-order valence-corrected chi connectivity index (χ4v) is 6.04. The second-order valence-electron chi connectivity index (χ2n) is 15.0. The van der Waals surface area contributed by atoms with Gasteiger partial charge in [-0.25, -0.2) is 23.4 Å². The molecule has 1 saturated carbocycles. The zero-order valence-electron chi connectivity index (χ0n) is 29.4. The molecule has 12 heteroatoms. The van der Waals surface area contributed by atoms with Gasteiger partial charge in [0.15, 0.2) is 11.6 Å². The first-order chi connectivity index (χ1) is 22.5. The molecule has 2 atom stereocenters. The number of pyridine rings is 1. The highest BCUT2D eigenvalue weighted by Crippen LogP contribution is 2.49. The van der Waals surface area contributed by atoms with Crippen molar-refractivity contribution >= 4 is 12.2 Å². The van der Waals surface area contributed by atoms with E-state index in [1.165, 1.54) is 18.3 Å². The molecule has 0 N–H and O–H groups in total. The first-order valence-electron chi connectivity index (χ1n) is 16.9. The first kappa shape index (κ1) is 37.3. The van der Waals surface area contributed by atoms with Crippen molar-refractivity contribution in [2.75, 3.05) is 39.8 Å². The average Bonchev–Trinajstić information content (AvgIpc) is 3.76. The third kappa shape index (κ3) is 11.0. The molecule has 0 spiro atoms. The van der Waals surface area contributed by atoms with Gasteiger partial charge in [0.25, 0.3) is 0 Å². The Morgan fingerprint density at radius 1 is 0.979 bits per heavy atom. The number of hydrogen-bond acceptors (Lipinski definition) is 7. The van der Waals surface area contributed by atoms with Gasteiger partial charge in [-0.15, -0.1) is 0 Å². The van der Waals surface area contributed by atoms with E-state index in [2.05, 4.69) is 9.88 Å². The molecular formula is C36H51F3N4O5. The molecular weight excluding hydrogens is 625 g/mol. The standard InChI is InChI=1S/C36H51F3N4O5/c1-35(2,3)47-33(44)41(7)15-9-16-42-17-11-24(12-18-42)13-19-43(34(45)48-36(4,5)6)30-22-27(30)28-20-26(37)21-29(38)31(28)46-23-25-10-8-14-40-32(25)39/h8,10,14,20-21,24,27,30H,9,11-13,15-19,22-23H2,1-7H3/t27-,30+/m0/s1. The highest BCUT2D eigenvalue weighted by atomic mass is 19.1. The van der Waals surface area contributed by atoms with Crippen LogP contribution in [0.3, 0.4) is 0 Å². The molecule has 2 amide bonds. The molecule has 1 aromatic carbocycles. The lowest BCUT2D eigenvalue weighted by molar-refractivity contribution is 0.0212. The Bertz CT molecular complexity index is 1400. The van der Waals surface area contributed by atoms with Crippen LogP contribution in [-0.4, -0.2) is 88.9 Å². The Hall–Kier alpha value is -3.54. The number of carbonyl (C=O) groups excluding carboxylic acids is 2. The molecule has 48 heavy (non-hydrogen) atoms. The number of halogens is 3. The molecule has 266 valence electrons. The van der Waals surface area contributed by atoms with E-state index in [9.17, 15) is 18.4 Å².